The van der Waals surface area contributed by atoms with E-state index >= 15 is 0 Å². The number of thiophene rings is 1. The van der Waals surface area contributed by atoms with Gasteiger partial charge in [-0.15, -0.1) is 21.5 Å². The summed E-state index contributed by atoms with van der Waals surface area (Å²) in [6.07, 6.45) is 0. The molecule has 1 amide bonds. The number of hydrogen-bond donors (Lipinski definition) is 1. The number of aliphatic hydroxyl groups is 1. The largest absolute Gasteiger partial charge is 0.503 e. The number of anilines is 1. The molecule has 1 aromatic carbocycles. The highest BCUT2D eigenvalue weighted by atomic mass is 32.1. The van der Waals surface area contributed by atoms with E-state index in [-0.39, 0.29) is 16.8 Å². The van der Waals surface area contributed by atoms with Crippen molar-refractivity contribution in [3.05, 3.63) is 74.1 Å². The van der Waals surface area contributed by atoms with Gasteiger partial charge in [0.1, 0.15) is 5.01 Å². The topological polar surface area (TPSA) is 83.4 Å². The molecule has 3 heterocycles. The Morgan fingerprint density at radius 1 is 1.13 bits per heavy atom. The molecule has 0 bridgehead atoms. The van der Waals surface area contributed by atoms with Crippen LogP contribution in [0, 0.1) is 6.92 Å². The van der Waals surface area contributed by atoms with Gasteiger partial charge in [-0.2, -0.15) is 0 Å². The number of amides is 1. The fraction of sp³-hybridized carbons (Fsp3) is 0.273. The summed E-state index contributed by atoms with van der Waals surface area (Å²) >= 11 is 2.52. The Morgan fingerprint density at radius 3 is 2.37 bits per heavy atom. The van der Waals surface area contributed by atoms with Crippen molar-refractivity contribution in [2.24, 2.45) is 0 Å². The molecule has 2 aromatic heterocycles. The number of aromatic nitrogens is 2. The first-order valence-corrected chi connectivity index (χ1v) is 11.1. The standard InChI is InChI=1S/C22H21N3O3S2/c1-12-23-24-21(30-12)25-17(13-7-9-14(10-8-13)22(2,3)4)16(19(27)20(25)28)18(26)15-6-5-11-29-15/h5-11,17,27H,1-4H3/t17-/m0/s1. The molecular weight excluding hydrogens is 418 g/mol. The van der Waals surface area contributed by atoms with E-state index in [1.54, 1.807) is 24.4 Å². The molecule has 0 saturated carbocycles. The number of carbonyl (C=O) groups excluding carboxylic acids is 2. The van der Waals surface area contributed by atoms with Gasteiger partial charge in [0.15, 0.2) is 5.76 Å². The molecule has 1 atom stereocenters. The van der Waals surface area contributed by atoms with Crippen molar-refractivity contribution in [1.29, 1.82) is 0 Å². The third-order valence-corrected chi connectivity index (χ3v) is 6.72. The normalized spacial score (nSPS) is 17.1. The van der Waals surface area contributed by atoms with Crippen molar-refractivity contribution < 1.29 is 14.7 Å². The van der Waals surface area contributed by atoms with Crippen LogP contribution in [0.15, 0.2) is 53.1 Å². The summed E-state index contributed by atoms with van der Waals surface area (Å²) < 4.78 is 0. The van der Waals surface area contributed by atoms with Crippen molar-refractivity contribution in [2.75, 3.05) is 4.90 Å². The molecule has 1 aliphatic rings. The molecule has 0 fully saturated rings. The quantitative estimate of drug-likeness (QED) is 0.579. The second kappa shape index (κ2) is 7.45. The maximum absolute atomic E-state index is 13.2. The van der Waals surface area contributed by atoms with Crippen molar-refractivity contribution in [3.63, 3.8) is 0 Å². The van der Waals surface area contributed by atoms with E-state index in [0.29, 0.717) is 15.0 Å². The molecule has 6 nitrogen and oxygen atoms in total. The summed E-state index contributed by atoms with van der Waals surface area (Å²) in [5.74, 6) is -1.54. The second-order valence-electron chi connectivity index (χ2n) is 8.12. The molecule has 30 heavy (non-hydrogen) atoms. The van der Waals surface area contributed by atoms with Crippen molar-refractivity contribution >= 4 is 39.5 Å². The van der Waals surface area contributed by atoms with E-state index in [2.05, 4.69) is 31.0 Å². The summed E-state index contributed by atoms with van der Waals surface area (Å²) in [6.45, 7) is 8.15. The average Bonchev–Trinajstić information content (AvgIpc) is 3.42. The Morgan fingerprint density at radius 2 is 1.83 bits per heavy atom. The van der Waals surface area contributed by atoms with Gasteiger partial charge in [0.2, 0.25) is 10.9 Å². The summed E-state index contributed by atoms with van der Waals surface area (Å²) in [6, 6.07) is 10.5. The highest BCUT2D eigenvalue weighted by Crippen LogP contribution is 2.43. The van der Waals surface area contributed by atoms with Crippen LogP contribution in [0.5, 0.6) is 0 Å². The Labute approximate surface area is 182 Å². The van der Waals surface area contributed by atoms with Crippen molar-refractivity contribution in [3.8, 4) is 0 Å². The van der Waals surface area contributed by atoms with Crippen molar-refractivity contribution in [2.45, 2.75) is 39.2 Å². The summed E-state index contributed by atoms with van der Waals surface area (Å²) in [4.78, 5) is 28.1. The van der Waals surface area contributed by atoms with Crippen LogP contribution in [-0.4, -0.2) is 27.0 Å². The first-order chi connectivity index (χ1) is 14.2. The number of rotatable bonds is 4. The van der Waals surface area contributed by atoms with Crippen LogP contribution >= 0.6 is 22.7 Å². The number of ketones is 1. The first kappa shape index (κ1) is 20.4. The van der Waals surface area contributed by atoms with Gasteiger partial charge in [-0.05, 0) is 34.9 Å². The molecule has 0 radical (unpaired) electrons. The zero-order valence-corrected chi connectivity index (χ0v) is 18.7. The van der Waals surface area contributed by atoms with Crippen molar-refractivity contribution in [1.82, 2.24) is 10.2 Å². The molecule has 154 valence electrons. The lowest BCUT2D eigenvalue weighted by Gasteiger charge is -2.25. The molecule has 0 spiro atoms. The lowest BCUT2D eigenvalue weighted by molar-refractivity contribution is -0.117. The van der Waals surface area contributed by atoms with Gasteiger partial charge in [0.05, 0.1) is 16.5 Å². The predicted molar refractivity (Wildman–Crippen MR) is 118 cm³/mol. The number of aryl methyl sites for hydroxylation is 1. The fourth-order valence-corrected chi connectivity index (χ4v) is 4.83. The minimum Gasteiger partial charge on any atom is -0.503 e. The second-order valence-corrected chi connectivity index (χ2v) is 10.2. The van der Waals surface area contributed by atoms with Crippen LogP contribution in [0.1, 0.15) is 52.6 Å². The molecule has 1 N–H and O–H groups in total. The van der Waals surface area contributed by atoms with Gasteiger partial charge in [0.25, 0.3) is 5.91 Å². The van der Waals surface area contributed by atoms with Crippen LogP contribution in [0.25, 0.3) is 0 Å². The highest BCUT2D eigenvalue weighted by molar-refractivity contribution is 7.15. The predicted octanol–water partition coefficient (Wildman–Crippen LogP) is 4.99. The smallest absolute Gasteiger partial charge is 0.296 e. The van der Waals surface area contributed by atoms with E-state index in [4.69, 9.17) is 0 Å². The number of aliphatic hydroxyl groups excluding tert-OH is 1. The fourth-order valence-electron chi connectivity index (χ4n) is 3.44. The highest BCUT2D eigenvalue weighted by Gasteiger charge is 2.46. The minimum absolute atomic E-state index is 0.0341. The zero-order valence-electron chi connectivity index (χ0n) is 17.0. The first-order valence-electron chi connectivity index (χ1n) is 9.44. The van der Waals surface area contributed by atoms with Gasteiger partial charge in [0, 0.05) is 0 Å². The lowest BCUT2D eigenvalue weighted by Crippen LogP contribution is -2.31. The third kappa shape index (κ3) is 3.46. The van der Waals surface area contributed by atoms with E-state index in [0.717, 1.165) is 11.1 Å². The lowest BCUT2D eigenvalue weighted by atomic mass is 9.85. The molecule has 0 unspecified atom stereocenters. The summed E-state index contributed by atoms with van der Waals surface area (Å²) in [5.41, 5.74) is 1.90. The van der Waals surface area contributed by atoms with Gasteiger partial charge in [-0.1, -0.05) is 62.4 Å². The SMILES string of the molecule is Cc1nnc(N2C(=O)C(O)=C(C(=O)c3cccs3)[C@@H]2c2ccc(C(C)(C)C)cc2)s1. The van der Waals surface area contributed by atoms with E-state index in [1.807, 2.05) is 24.3 Å². The Balaban J connectivity index is 1.85. The van der Waals surface area contributed by atoms with Crippen LogP contribution in [0.2, 0.25) is 0 Å². The van der Waals surface area contributed by atoms with Crippen LogP contribution < -0.4 is 4.90 Å². The van der Waals surface area contributed by atoms with E-state index < -0.39 is 17.7 Å². The maximum Gasteiger partial charge on any atom is 0.296 e. The number of nitrogens with zero attached hydrogens (tertiary/aromatic N) is 3. The van der Waals surface area contributed by atoms with Crippen LogP contribution in [-0.2, 0) is 10.2 Å². The minimum atomic E-state index is -0.770. The molecular formula is C22H21N3O3S2. The van der Waals surface area contributed by atoms with Gasteiger partial charge in [-0.25, -0.2) is 0 Å². The number of benzene rings is 1. The summed E-state index contributed by atoms with van der Waals surface area (Å²) in [5, 5.41) is 21.6. The molecule has 1 aliphatic heterocycles. The van der Waals surface area contributed by atoms with E-state index in [1.165, 1.54) is 27.6 Å². The zero-order chi connectivity index (χ0) is 21.6. The molecule has 3 aromatic rings. The Bertz CT molecular complexity index is 1140. The Kier molecular flexibility index (Phi) is 5.07. The van der Waals surface area contributed by atoms with Gasteiger partial charge < -0.3 is 5.11 Å². The van der Waals surface area contributed by atoms with Crippen LogP contribution in [0.3, 0.4) is 0 Å². The summed E-state index contributed by atoms with van der Waals surface area (Å²) in [7, 11) is 0. The van der Waals surface area contributed by atoms with Gasteiger partial charge >= 0.3 is 0 Å². The number of Topliss-reactive ketones (excluding diaryl/α,β-unsaturated/α-hetero) is 1. The Hall–Kier alpha value is -2.84. The third-order valence-electron chi connectivity index (χ3n) is 5.01. The van der Waals surface area contributed by atoms with E-state index in [9.17, 15) is 14.7 Å². The number of carbonyl (C=O) groups is 2. The molecule has 8 heteroatoms. The molecule has 0 saturated heterocycles. The van der Waals surface area contributed by atoms with Gasteiger partial charge in [-0.3, -0.25) is 14.5 Å². The molecule has 0 aliphatic carbocycles. The maximum atomic E-state index is 13.2. The number of hydrogen-bond acceptors (Lipinski definition) is 7. The monoisotopic (exact) mass is 439 g/mol. The molecule has 4 rings (SSSR count). The average molecular weight is 440 g/mol. The van der Waals surface area contributed by atoms with Crippen LogP contribution in [0.4, 0.5) is 5.13 Å².